The summed E-state index contributed by atoms with van der Waals surface area (Å²) < 4.78 is 0. The molecule has 0 radical (unpaired) electrons. The Balaban J connectivity index is 1.78. The Kier molecular flexibility index (Phi) is 5.21. The van der Waals surface area contributed by atoms with Crippen LogP contribution in [0.1, 0.15) is 0 Å². The molecular formula is C21H15NS3. The van der Waals surface area contributed by atoms with Gasteiger partial charge in [-0.25, -0.2) is 0 Å². The van der Waals surface area contributed by atoms with E-state index in [4.69, 9.17) is 0 Å². The molecule has 0 saturated carbocycles. The van der Waals surface area contributed by atoms with E-state index in [0.717, 1.165) is 0 Å². The molecular weight excluding hydrogens is 362 g/mol. The molecule has 4 heteroatoms. The van der Waals surface area contributed by atoms with Crippen LogP contribution in [0.3, 0.4) is 0 Å². The fourth-order valence-corrected chi connectivity index (χ4v) is 5.31. The van der Waals surface area contributed by atoms with Crippen LogP contribution in [0.2, 0.25) is 0 Å². The fourth-order valence-electron chi connectivity index (χ4n) is 2.44. The number of hydrogen-bond donors (Lipinski definition) is 0. The first-order chi connectivity index (χ1) is 12.4. The first kappa shape index (κ1) is 16.5. The highest BCUT2D eigenvalue weighted by molar-refractivity contribution is 8.02. The van der Waals surface area contributed by atoms with Crippen LogP contribution in [-0.2, 0) is 0 Å². The average molecular weight is 378 g/mol. The van der Waals surface area contributed by atoms with E-state index in [0.29, 0.717) is 0 Å². The smallest absolute Gasteiger partial charge is 0.0452 e. The fraction of sp³-hybridized carbons (Fsp3) is 0. The number of benzene rings is 2. The molecule has 4 rings (SSSR count). The molecule has 0 aliphatic carbocycles. The predicted octanol–water partition coefficient (Wildman–Crippen LogP) is 7.11. The van der Waals surface area contributed by atoms with Gasteiger partial charge in [-0.2, -0.15) is 0 Å². The maximum Gasteiger partial charge on any atom is 0.0452 e. The summed E-state index contributed by atoms with van der Waals surface area (Å²) in [6.07, 6.45) is 3.95. The largest absolute Gasteiger partial charge is 0.263 e. The van der Waals surface area contributed by atoms with Gasteiger partial charge in [0.2, 0.25) is 0 Å². The third-order valence-corrected chi connectivity index (χ3v) is 6.81. The van der Waals surface area contributed by atoms with Gasteiger partial charge in [-0.15, -0.1) is 11.3 Å². The zero-order chi connectivity index (χ0) is 16.9. The van der Waals surface area contributed by atoms with E-state index in [1.165, 1.54) is 30.0 Å². The SMILES string of the molecule is c1ccc(Sc2cncc(-c3cccs3)c2Sc2ccccc2)cc1. The topological polar surface area (TPSA) is 12.9 Å². The van der Waals surface area contributed by atoms with Crippen LogP contribution in [0.25, 0.3) is 10.4 Å². The zero-order valence-electron chi connectivity index (χ0n) is 13.3. The molecule has 0 spiro atoms. The molecule has 4 aromatic rings. The van der Waals surface area contributed by atoms with Crippen molar-refractivity contribution in [1.29, 1.82) is 0 Å². The minimum atomic E-state index is 1.19. The summed E-state index contributed by atoms with van der Waals surface area (Å²) in [5.41, 5.74) is 1.20. The minimum absolute atomic E-state index is 1.19. The Morgan fingerprint density at radius 3 is 2.00 bits per heavy atom. The molecule has 0 bridgehead atoms. The lowest BCUT2D eigenvalue weighted by Gasteiger charge is -2.13. The second-order valence-corrected chi connectivity index (χ2v) is 8.47. The normalized spacial score (nSPS) is 10.7. The van der Waals surface area contributed by atoms with Gasteiger partial charge in [-0.1, -0.05) is 66.0 Å². The first-order valence-electron chi connectivity index (χ1n) is 7.88. The molecule has 122 valence electrons. The third kappa shape index (κ3) is 3.98. The molecule has 1 nitrogen and oxygen atoms in total. The summed E-state index contributed by atoms with van der Waals surface area (Å²) in [4.78, 5) is 10.7. The Morgan fingerprint density at radius 2 is 1.36 bits per heavy atom. The van der Waals surface area contributed by atoms with E-state index in [-0.39, 0.29) is 0 Å². The van der Waals surface area contributed by atoms with Crippen molar-refractivity contribution in [3.8, 4) is 10.4 Å². The van der Waals surface area contributed by atoms with Crippen molar-refractivity contribution >= 4 is 34.9 Å². The van der Waals surface area contributed by atoms with E-state index in [1.54, 1.807) is 34.9 Å². The highest BCUT2D eigenvalue weighted by Crippen LogP contribution is 2.44. The third-order valence-electron chi connectivity index (χ3n) is 3.58. The first-order valence-corrected chi connectivity index (χ1v) is 10.4. The molecule has 0 aliphatic heterocycles. The molecule has 25 heavy (non-hydrogen) atoms. The summed E-state index contributed by atoms with van der Waals surface area (Å²) in [6.45, 7) is 0. The molecule has 0 N–H and O–H groups in total. The van der Waals surface area contributed by atoms with Crippen molar-refractivity contribution in [1.82, 2.24) is 4.98 Å². The van der Waals surface area contributed by atoms with Gasteiger partial charge in [0.05, 0.1) is 0 Å². The molecule has 2 heterocycles. The summed E-state index contributed by atoms with van der Waals surface area (Å²) in [6, 6.07) is 25.2. The highest BCUT2D eigenvalue weighted by atomic mass is 32.2. The van der Waals surface area contributed by atoms with Crippen LogP contribution in [-0.4, -0.2) is 4.98 Å². The van der Waals surface area contributed by atoms with Crippen molar-refractivity contribution in [2.75, 3.05) is 0 Å². The van der Waals surface area contributed by atoms with E-state index >= 15 is 0 Å². The standard InChI is InChI=1S/C21H15NS3/c1-3-8-16(9-4-1)24-20-15-22-14-18(19-12-7-13-23-19)21(20)25-17-10-5-2-6-11-17/h1-15H. The number of aromatic nitrogens is 1. The van der Waals surface area contributed by atoms with Crippen LogP contribution < -0.4 is 0 Å². The second kappa shape index (κ2) is 7.91. The van der Waals surface area contributed by atoms with Crippen LogP contribution in [0.15, 0.2) is 110 Å². The average Bonchev–Trinajstić information content (AvgIpc) is 3.19. The highest BCUT2D eigenvalue weighted by Gasteiger charge is 2.14. The molecule has 2 aromatic carbocycles. The Labute approximate surface area is 160 Å². The molecule has 0 aliphatic rings. The van der Waals surface area contributed by atoms with Crippen molar-refractivity contribution in [3.05, 3.63) is 90.6 Å². The quantitative estimate of drug-likeness (QED) is 0.368. The van der Waals surface area contributed by atoms with Gasteiger partial charge < -0.3 is 0 Å². The van der Waals surface area contributed by atoms with Crippen molar-refractivity contribution in [3.63, 3.8) is 0 Å². The molecule has 2 aromatic heterocycles. The van der Waals surface area contributed by atoms with E-state index in [9.17, 15) is 0 Å². The van der Waals surface area contributed by atoms with Crippen molar-refractivity contribution in [2.24, 2.45) is 0 Å². The molecule has 0 fully saturated rings. The maximum atomic E-state index is 4.51. The number of rotatable bonds is 5. The maximum absolute atomic E-state index is 4.51. The number of hydrogen-bond acceptors (Lipinski definition) is 4. The number of nitrogens with zero attached hydrogens (tertiary/aromatic N) is 1. The summed E-state index contributed by atoms with van der Waals surface area (Å²) in [5, 5.41) is 2.11. The summed E-state index contributed by atoms with van der Waals surface area (Å²) in [7, 11) is 0. The van der Waals surface area contributed by atoms with Crippen molar-refractivity contribution < 1.29 is 0 Å². The van der Waals surface area contributed by atoms with Gasteiger partial charge >= 0.3 is 0 Å². The van der Waals surface area contributed by atoms with Gasteiger partial charge in [0, 0.05) is 42.4 Å². The van der Waals surface area contributed by atoms with Gasteiger partial charge in [0.1, 0.15) is 0 Å². The summed E-state index contributed by atoms with van der Waals surface area (Å²) >= 11 is 5.32. The Morgan fingerprint density at radius 1 is 0.680 bits per heavy atom. The van der Waals surface area contributed by atoms with Crippen molar-refractivity contribution in [2.45, 2.75) is 19.6 Å². The van der Waals surface area contributed by atoms with E-state index in [1.807, 2.05) is 18.5 Å². The van der Waals surface area contributed by atoms with Gasteiger partial charge in [0.15, 0.2) is 0 Å². The lowest BCUT2D eigenvalue weighted by Crippen LogP contribution is -1.87. The summed E-state index contributed by atoms with van der Waals surface area (Å²) in [5.74, 6) is 0. The Hall–Kier alpha value is -2.01. The molecule has 0 amide bonds. The van der Waals surface area contributed by atoms with E-state index < -0.39 is 0 Å². The predicted molar refractivity (Wildman–Crippen MR) is 109 cm³/mol. The lowest BCUT2D eigenvalue weighted by molar-refractivity contribution is 1.14. The molecule has 0 saturated heterocycles. The minimum Gasteiger partial charge on any atom is -0.263 e. The van der Waals surface area contributed by atoms with Crippen LogP contribution in [0.5, 0.6) is 0 Å². The number of thiophene rings is 1. The van der Waals surface area contributed by atoms with E-state index in [2.05, 4.69) is 77.1 Å². The second-order valence-electron chi connectivity index (χ2n) is 5.32. The van der Waals surface area contributed by atoms with Crippen LogP contribution in [0, 0.1) is 0 Å². The molecule has 0 atom stereocenters. The number of pyridine rings is 1. The Bertz CT molecular complexity index is 936. The lowest BCUT2D eigenvalue weighted by atomic mass is 10.2. The van der Waals surface area contributed by atoms with Gasteiger partial charge in [-0.05, 0) is 35.7 Å². The zero-order valence-corrected chi connectivity index (χ0v) is 15.8. The monoisotopic (exact) mass is 377 g/mol. The van der Waals surface area contributed by atoms with Crippen LogP contribution >= 0.6 is 34.9 Å². The van der Waals surface area contributed by atoms with Gasteiger partial charge in [-0.3, -0.25) is 4.98 Å². The molecule has 0 unspecified atom stereocenters. The van der Waals surface area contributed by atoms with Gasteiger partial charge in [0.25, 0.3) is 0 Å². The van der Waals surface area contributed by atoms with Crippen LogP contribution in [0.4, 0.5) is 0 Å².